The van der Waals surface area contributed by atoms with Crippen LogP contribution in [-0.2, 0) is 16.1 Å². The fourth-order valence-corrected chi connectivity index (χ4v) is 3.09. The van der Waals surface area contributed by atoms with Gasteiger partial charge in [-0.3, -0.25) is 9.59 Å². The molecule has 0 spiro atoms. The van der Waals surface area contributed by atoms with E-state index in [-0.39, 0.29) is 18.1 Å². The second kappa shape index (κ2) is 7.03. The number of aliphatic hydroxyl groups excluding tert-OH is 1. The highest BCUT2D eigenvalue weighted by Crippen LogP contribution is 2.29. The minimum atomic E-state index is -2.62. The van der Waals surface area contributed by atoms with E-state index in [1.165, 1.54) is 12.1 Å². The Hall–Kier alpha value is -2.48. The van der Waals surface area contributed by atoms with Gasteiger partial charge in [0.05, 0.1) is 6.54 Å². The molecule has 1 aliphatic heterocycles. The number of carbonyl (C=O) groups excluding carboxylic acids is 2. The van der Waals surface area contributed by atoms with Crippen molar-refractivity contribution in [2.75, 3.05) is 11.4 Å². The van der Waals surface area contributed by atoms with E-state index in [4.69, 9.17) is 11.6 Å². The molecule has 6 nitrogen and oxygen atoms in total. The maximum absolute atomic E-state index is 13.3. The van der Waals surface area contributed by atoms with Crippen molar-refractivity contribution >= 4 is 29.1 Å². The molecule has 2 atom stereocenters. The number of aliphatic hydroxyl groups is 2. The normalized spacial score (nSPS) is 22.5. The van der Waals surface area contributed by atoms with Gasteiger partial charge in [0.1, 0.15) is 11.9 Å². The lowest BCUT2D eigenvalue weighted by atomic mass is 9.98. The molecular weight excluding hydrogens is 363 g/mol. The Kier molecular flexibility index (Phi) is 4.95. The lowest BCUT2D eigenvalue weighted by Gasteiger charge is -2.23. The zero-order chi connectivity index (χ0) is 18.9. The lowest BCUT2D eigenvalue weighted by molar-refractivity contribution is -0.157. The molecule has 1 saturated heterocycles. The Morgan fingerprint density at radius 3 is 2.65 bits per heavy atom. The summed E-state index contributed by atoms with van der Waals surface area (Å²) in [6.07, 6.45) is -1.61. The molecule has 1 unspecified atom stereocenters. The average Bonchev–Trinajstić information content (AvgIpc) is 2.85. The summed E-state index contributed by atoms with van der Waals surface area (Å²) in [4.78, 5) is 26.1. The smallest absolute Gasteiger partial charge is 0.271 e. The Morgan fingerprint density at radius 2 is 2.00 bits per heavy atom. The number of hydrogen-bond donors (Lipinski definition) is 3. The van der Waals surface area contributed by atoms with Crippen LogP contribution < -0.4 is 10.2 Å². The van der Waals surface area contributed by atoms with Crippen LogP contribution in [0, 0.1) is 5.82 Å². The Balaban J connectivity index is 1.76. The summed E-state index contributed by atoms with van der Waals surface area (Å²) in [7, 11) is 0. The van der Waals surface area contributed by atoms with Crippen molar-refractivity contribution in [2.45, 2.75) is 18.2 Å². The maximum Gasteiger partial charge on any atom is 0.271 e. The van der Waals surface area contributed by atoms with Gasteiger partial charge in [0.2, 0.25) is 5.60 Å². The van der Waals surface area contributed by atoms with Gasteiger partial charge < -0.3 is 20.4 Å². The molecule has 2 aromatic rings. The summed E-state index contributed by atoms with van der Waals surface area (Å²) < 4.78 is 13.3. The minimum Gasteiger partial charge on any atom is -0.387 e. The monoisotopic (exact) mass is 378 g/mol. The molecule has 136 valence electrons. The SMILES string of the molecule is O=C(NCc1cc(F)cc(Cl)c1)[C@@]1(O)C(=O)N(c2ccccc2)CC1O. The van der Waals surface area contributed by atoms with Crippen LogP contribution in [0.5, 0.6) is 0 Å². The summed E-state index contributed by atoms with van der Waals surface area (Å²) >= 11 is 5.75. The lowest BCUT2D eigenvalue weighted by Crippen LogP contribution is -2.57. The third-order valence-corrected chi connectivity index (χ3v) is 4.42. The average molecular weight is 379 g/mol. The number of benzene rings is 2. The number of β-amino-alcohol motifs (C(OH)–C–C–N with tert-alkyl or cyclic N) is 1. The Morgan fingerprint density at radius 1 is 1.31 bits per heavy atom. The molecule has 2 amide bonds. The van der Waals surface area contributed by atoms with Gasteiger partial charge in [0, 0.05) is 17.3 Å². The molecule has 0 saturated carbocycles. The van der Waals surface area contributed by atoms with E-state index in [0.29, 0.717) is 11.3 Å². The fraction of sp³-hybridized carbons (Fsp3) is 0.222. The largest absolute Gasteiger partial charge is 0.387 e. The molecule has 0 aliphatic carbocycles. The van der Waals surface area contributed by atoms with Crippen molar-refractivity contribution in [1.82, 2.24) is 5.32 Å². The molecule has 3 N–H and O–H groups in total. The third-order valence-electron chi connectivity index (χ3n) is 4.20. The van der Waals surface area contributed by atoms with Crippen molar-refractivity contribution in [3.8, 4) is 0 Å². The van der Waals surface area contributed by atoms with Gasteiger partial charge in [-0.15, -0.1) is 0 Å². The van der Waals surface area contributed by atoms with Crippen LogP contribution >= 0.6 is 11.6 Å². The quantitative estimate of drug-likeness (QED) is 0.698. The van der Waals surface area contributed by atoms with Crippen molar-refractivity contribution in [2.24, 2.45) is 0 Å². The number of halogens is 2. The number of anilines is 1. The van der Waals surface area contributed by atoms with Crippen molar-refractivity contribution < 1.29 is 24.2 Å². The first-order valence-corrected chi connectivity index (χ1v) is 8.21. The third kappa shape index (κ3) is 3.29. The summed E-state index contributed by atoms with van der Waals surface area (Å²) in [5.74, 6) is -2.56. The van der Waals surface area contributed by atoms with Crippen LogP contribution in [-0.4, -0.2) is 40.3 Å². The van der Waals surface area contributed by atoms with Crippen molar-refractivity contribution in [3.05, 3.63) is 64.9 Å². The number of para-hydroxylation sites is 1. The highest BCUT2D eigenvalue weighted by Gasteiger charge is 2.58. The van der Waals surface area contributed by atoms with Gasteiger partial charge in [0.25, 0.3) is 11.8 Å². The van der Waals surface area contributed by atoms with Crippen molar-refractivity contribution in [1.29, 1.82) is 0 Å². The maximum atomic E-state index is 13.3. The number of amides is 2. The molecule has 8 heteroatoms. The Labute approximate surface area is 153 Å². The summed E-state index contributed by atoms with van der Waals surface area (Å²) in [5, 5.41) is 23.2. The summed E-state index contributed by atoms with van der Waals surface area (Å²) in [6, 6.07) is 12.1. The number of nitrogens with zero attached hydrogens (tertiary/aromatic N) is 1. The molecule has 26 heavy (non-hydrogen) atoms. The topological polar surface area (TPSA) is 89.9 Å². The first-order valence-electron chi connectivity index (χ1n) is 7.83. The highest BCUT2D eigenvalue weighted by molar-refractivity contribution is 6.30. The van der Waals surface area contributed by atoms with Gasteiger partial charge in [-0.1, -0.05) is 29.8 Å². The second-order valence-electron chi connectivity index (χ2n) is 5.99. The van der Waals surface area contributed by atoms with E-state index in [1.54, 1.807) is 30.3 Å². The zero-order valence-corrected chi connectivity index (χ0v) is 14.3. The Bertz CT molecular complexity index is 828. The summed E-state index contributed by atoms with van der Waals surface area (Å²) in [5.41, 5.74) is -1.81. The van der Waals surface area contributed by atoms with Crippen LogP contribution in [0.1, 0.15) is 5.56 Å². The van der Waals surface area contributed by atoms with E-state index in [0.717, 1.165) is 11.0 Å². The predicted molar refractivity (Wildman–Crippen MR) is 93.0 cm³/mol. The van der Waals surface area contributed by atoms with Crippen LogP contribution in [0.15, 0.2) is 48.5 Å². The highest BCUT2D eigenvalue weighted by atomic mass is 35.5. The van der Waals surface area contributed by atoms with E-state index in [9.17, 15) is 24.2 Å². The van der Waals surface area contributed by atoms with Gasteiger partial charge in [0.15, 0.2) is 0 Å². The first kappa shape index (κ1) is 18.3. The number of nitrogens with one attached hydrogen (secondary N) is 1. The number of carbonyl (C=O) groups is 2. The van der Waals surface area contributed by atoms with Crippen LogP contribution in [0.4, 0.5) is 10.1 Å². The fourth-order valence-electron chi connectivity index (χ4n) is 2.85. The molecule has 3 rings (SSSR count). The van der Waals surface area contributed by atoms with Crippen LogP contribution in [0.25, 0.3) is 0 Å². The minimum absolute atomic E-state index is 0.153. The van der Waals surface area contributed by atoms with E-state index < -0.39 is 29.3 Å². The second-order valence-corrected chi connectivity index (χ2v) is 6.43. The van der Waals surface area contributed by atoms with Gasteiger partial charge in [-0.25, -0.2) is 4.39 Å². The predicted octanol–water partition coefficient (Wildman–Crippen LogP) is 1.23. The molecule has 0 aromatic heterocycles. The number of rotatable bonds is 4. The molecule has 0 bridgehead atoms. The molecule has 1 aliphatic rings. The molecule has 1 heterocycles. The van der Waals surface area contributed by atoms with Gasteiger partial charge in [-0.2, -0.15) is 0 Å². The zero-order valence-electron chi connectivity index (χ0n) is 13.5. The van der Waals surface area contributed by atoms with E-state index >= 15 is 0 Å². The van der Waals surface area contributed by atoms with E-state index in [2.05, 4.69) is 5.32 Å². The molecule has 2 aromatic carbocycles. The number of hydrogen-bond acceptors (Lipinski definition) is 4. The van der Waals surface area contributed by atoms with E-state index in [1.807, 2.05) is 0 Å². The first-order chi connectivity index (χ1) is 12.3. The summed E-state index contributed by atoms with van der Waals surface area (Å²) in [6.45, 7) is -0.386. The standard InChI is InChI=1S/C18H16ClFN2O4/c19-12-6-11(7-13(20)8-12)9-21-16(24)18(26)15(23)10-22(17(18)25)14-4-2-1-3-5-14/h1-8,15,23,26H,9-10H2,(H,21,24)/t15?,18-/m1/s1. The molecule has 1 fully saturated rings. The van der Waals surface area contributed by atoms with Gasteiger partial charge in [-0.05, 0) is 35.9 Å². The molecule has 0 radical (unpaired) electrons. The van der Waals surface area contributed by atoms with Crippen LogP contribution in [0.2, 0.25) is 5.02 Å². The van der Waals surface area contributed by atoms with Crippen LogP contribution in [0.3, 0.4) is 0 Å². The van der Waals surface area contributed by atoms with Gasteiger partial charge >= 0.3 is 0 Å². The van der Waals surface area contributed by atoms with Crippen molar-refractivity contribution in [3.63, 3.8) is 0 Å². The molecular formula is C18H16ClFN2O4.